The maximum atomic E-state index is 12.6. The summed E-state index contributed by atoms with van der Waals surface area (Å²) in [7, 11) is 1.63. The van der Waals surface area contributed by atoms with Crippen molar-refractivity contribution in [3.63, 3.8) is 0 Å². The number of ether oxygens (including phenoxy) is 1. The number of aromatic nitrogens is 4. The van der Waals surface area contributed by atoms with E-state index >= 15 is 0 Å². The molecule has 1 aliphatic heterocycles. The quantitative estimate of drug-likeness (QED) is 0.409. The molecule has 1 aliphatic rings. The van der Waals surface area contributed by atoms with E-state index in [1.165, 1.54) is 0 Å². The van der Waals surface area contributed by atoms with Crippen LogP contribution >= 0.6 is 0 Å². The Morgan fingerprint density at radius 1 is 1.03 bits per heavy atom. The molecule has 4 aromatic rings. The summed E-state index contributed by atoms with van der Waals surface area (Å²) in [5.41, 5.74) is 3.17. The Kier molecular flexibility index (Phi) is 6.26. The molecule has 0 N–H and O–H groups in total. The molecule has 9 heteroatoms. The number of carbonyl (C=O) groups excluding carboxylic acids is 1. The summed E-state index contributed by atoms with van der Waals surface area (Å²) in [6.07, 6.45) is 4.95. The number of para-hydroxylation sites is 2. The molecule has 2 aromatic carbocycles. The average molecular weight is 457 g/mol. The number of hydrogen-bond acceptors (Lipinski definition) is 8. The predicted octanol–water partition coefficient (Wildman–Crippen LogP) is 3.05. The van der Waals surface area contributed by atoms with E-state index in [-0.39, 0.29) is 5.91 Å². The molecule has 0 unspecified atom stereocenters. The lowest BCUT2D eigenvalue weighted by molar-refractivity contribution is -0.127. The van der Waals surface area contributed by atoms with Crippen LogP contribution in [-0.2, 0) is 11.3 Å². The molecule has 0 spiro atoms. The van der Waals surface area contributed by atoms with Crippen molar-refractivity contribution in [1.82, 2.24) is 29.9 Å². The van der Waals surface area contributed by atoms with E-state index in [4.69, 9.17) is 9.26 Å². The first-order valence-corrected chi connectivity index (χ1v) is 11.1. The minimum atomic E-state index is -0.0332. The molecule has 2 aromatic heterocycles. The molecule has 0 radical (unpaired) electrons. The summed E-state index contributed by atoms with van der Waals surface area (Å²) in [4.78, 5) is 30.1. The van der Waals surface area contributed by atoms with E-state index in [2.05, 4.69) is 25.0 Å². The van der Waals surface area contributed by atoms with E-state index in [1.807, 2.05) is 53.4 Å². The molecule has 3 heterocycles. The highest BCUT2D eigenvalue weighted by Crippen LogP contribution is 2.20. The maximum Gasteiger partial charge on any atom is 0.246 e. The van der Waals surface area contributed by atoms with Crippen LogP contribution in [0, 0.1) is 0 Å². The van der Waals surface area contributed by atoms with Crippen LogP contribution in [0.15, 0.2) is 65.3 Å². The van der Waals surface area contributed by atoms with Crippen LogP contribution in [0.25, 0.3) is 28.5 Å². The molecule has 0 bridgehead atoms. The maximum absolute atomic E-state index is 12.6. The molecule has 0 saturated carbocycles. The third-order valence-corrected chi connectivity index (χ3v) is 5.72. The highest BCUT2D eigenvalue weighted by Gasteiger charge is 2.21. The van der Waals surface area contributed by atoms with E-state index in [9.17, 15) is 4.79 Å². The molecule has 172 valence electrons. The standard InChI is InChI=1S/C25H24N6O3/c1-33-20-9-6-18(7-10-20)25-28-23(34-29-25)17-30-12-14-31(15-13-30)24(32)11-8-19-16-26-21-4-2-3-5-22(21)27-19/h2-11,16H,12-15,17H2,1H3/b11-8+. The first-order chi connectivity index (χ1) is 16.7. The van der Waals surface area contributed by atoms with Gasteiger partial charge in [0.15, 0.2) is 0 Å². The lowest BCUT2D eigenvalue weighted by atomic mass is 10.2. The summed E-state index contributed by atoms with van der Waals surface area (Å²) in [5.74, 6) is 1.85. The van der Waals surface area contributed by atoms with Gasteiger partial charge in [0.25, 0.3) is 0 Å². The normalized spacial score (nSPS) is 14.7. The topological polar surface area (TPSA) is 97.5 Å². The number of nitrogens with zero attached hydrogens (tertiary/aromatic N) is 6. The molecule has 1 fully saturated rings. The van der Waals surface area contributed by atoms with Crippen LogP contribution in [0.1, 0.15) is 11.6 Å². The minimum Gasteiger partial charge on any atom is -0.497 e. The largest absolute Gasteiger partial charge is 0.497 e. The average Bonchev–Trinajstić information content (AvgIpc) is 3.36. The van der Waals surface area contributed by atoms with Crippen molar-refractivity contribution in [2.45, 2.75) is 6.54 Å². The fourth-order valence-electron chi connectivity index (χ4n) is 3.81. The lowest BCUT2D eigenvalue weighted by Gasteiger charge is -2.33. The van der Waals surface area contributed by atoms with Gasteiger partial charge in [0.05, 0.1) is 36.6 Å². The van der Waals surface area contributed by atoms with E-state index in [0.29, 0.717) is 37.0 Å². The molecular formula is C25H24N6O3. The number of fused-ring (bicyclic) bond motifs is 1. The van der Waals surface area contributed by atoms with Gasteiger partial charge in [-0.1, -0.05) is 17.3 Å². The fourth-order valence-corrected chi connectivity index (χ4v) is 3.81. The number of amides is 1. The van der Waals surface area contributed by atoms with Gasteiger partial charge in [0.2, 0.25) is 17.6 Å². The third-order valence-electron chi connectivity index (χ3n) is 5.72. The van der Waals surface area contributed by atoms with E-state index < -0.39 is 0 Å². The number of rotatable bonds is 6. The first-order valence-electron chi connectivity index (χ1n) is 11.1. The van der Waals surface area contributed by atoms with Gasteiger partial charge in [-0.15, -0.1) is 0 Å². The predicted molar refractivity (Wildman–Crippen MR) is 127 cm³/mol. The van der Waals surface area contributed by atoms with Crippen LogP contribution in [0.4, 0.5) is 0 Å². The summed E-state index contributed by atoms with van der Waals surface area (Å²) in [6.45, 7) is 3.27. The van der Waals surface area contributed by atoms with Crippen molar-refractivity contribution in [1.29, 1.82) is 0 Å². The number of piperazine rings is 1. The second-order valence-electron chi connectivity index (χ2n) is 7.96. The fraction of sp³-hybridized carbons (Fsp3) is 0.240. The lowest BCUT2D eigenvalue weighted by Crippen LogP contribution is -2.47. The molecule has 0 aliphatic carbocycles. The Balaban J connectivity index is 1.13. The third kappa shape index (κ3) is 4.94. The zero-order valence-electron chi connectivity index (χ0n) is 18.8. The molecule has 0 atom stereocenters. The Bertz CT molecular complexity index is 1310. The van der Waals surface area contributed by atoms with E-state index in [0.717, 1.165) is 35.4 Å². The summed E-state index contributed by atoms with van der Waals surface area (Å²) in [5, 5.41) is 4.08. The summed E-state index contributed by atoms with van der Waals surface area (Å²) < 4.78 is 10.6. The second kappa shape index (κ2) is 9.80. The zero-order chi connectivity index (χ0) is 23.3. The van der Waals surface area contributed by atoms with Crippen LogP contribution in [0.3, 0.4) is 0 Å². The summed E-state index contributed by atoms with van der Waals surface area (Å²) >= 11 is 0. The van der Waals surface area contributed by atoms with Crippen molar-refractivity contribution < 1.29 is 14.1 Å². The number of methoxy groups -OCH3 is 1. The van der Waals surface area contributed by atoms with Crippen molar-refractivity contribution in [3.8, 4) is 17.1 Å². The minimum absolute atomic E-state index is 0.0332. The number of carbonyl (C=O) groups is 1. The first kappa shape index (κ1) is 21.7. The van der Waals surface area contributed by atoms with Gasteiger partial charge in [-0.3, -0.25) is 14.7 Å². The van der Waals surface area contributed by atoms with Gasteiger partial charge in [-0.25, -0.2) is 4.98 Å². The van der Waals surface area contributed by atoms with Crippen molar-refractivity contribution in [3.05, 3.63) is 72.4 Å². The van der Waals surface area contributed by atoms with Crippen LogP contribution in [0.2, 0.25) is 0 Å². The van der Waals surface area contributed by atoms with Crippen molar-refractivity contribution >= 4 is 23.0 Å². The second-order valence-corrected chi connectivity index (χ2v) is 7.96. The Hall–Kier alpha value is -4.11. The van der Waals surface area contributed by atoms with Gasteiger partial charge in [-0.05, 0) is 42.5 Å². The SMILES string of the molecule is COc1ccc(-c2noc(CN3CCN(C(=O)/C=C/c4cnc5ccccc5n4)CC3)n2)cc1. The zero-order valence-corrected chi connectivity index (χ0v) is 18.8. The Morgan fingerprint density at radius 2 is 1.79 bits per heavy atom. The Morgan fingerprint density at radius 3 is 2.56 bits per heavy atom. The van der Waals surface area contributed by atoms with Crippen LogP contribution < -0.4 is 4.74 Å². The highest BCUT2D eigenvalue weighted by atomic mass is 16.5. The van der Waals surface area contributed by atoms with Gasteiger partial charge in [0, 0.05) is 37.8 Å². The Labute approximate surface area is 196 Å². The van der Waals surface area contributed by atoms with Crippen molar-refractivity contribution in [2.24, 2.45) is 0 Å². The summed E-state index contributed by atoms with van der Waals surface area (Å²) in [6, 6.07) is 15.2. The molecule has 5 rings (SSSR count). The van der Waals surface area contributed by atoms with Crippen molar-refractivity contribution in [2.75, 3.05) is 33.3 Å². The number of benzene rings is 2. The highest BCUT2D eigenvalue weighted by molar-refractivity contribution is 5.91. The van der Waals surface area contributed by atoms with Gasteiger partial charge >= 0.3 is 0 Å². The molecule has 1 amide bonds. The van der Waals surface area contributed by atoms with Gasteiger partial charge < -0.3 is 14.2 Å². The smallest absolute Gasteiger partial charge is 0.246 e. The van der Waals surface area contributed by atoms with Gasteiger partial charge in [0.1, 0.15) is 5.75 Å². The van der Waals surface area contributed by atoms with Crippen LogP contribution in [0.5, 0.6) is 5.75 Å². The van der Waals surface area contributed by atoms with Gasteiger partial charge in [-0.2, -0.15) is 4.98 Å². The van der Waals surface area contributed by atoms with Crippen LogP contribution in [-0.4, -0.2) is 69.1 Å². The van der Waals surface area contributed by atoms with E-state index in [1.54, 1.807) is 25.5 Å². The monoisotopic (exact) mass is 456 g/mol. The molecule has 1 saturated heterocycles. The molecular weight excluding hydrogens is 432 g/mol. The number of hydrogen-bond donors (Lipinski definition) is 0. The molecule has 9 nitrogen and oxygen atoms in total. The molecule has 34 heavy (non-hydrogen) atoms.